The highest BCUT2D eigenvalue weighted by molar-refractivity contribution is 6.06. The molecule has 0 radical (unpaired) electrons. The minimum atomic E-state index is -1.30. The van der Waals surface area contributed by atoms with Crippen LogP contribution in [-0.4, -0.2) is 42.5 Å². The molecular formula is C19H19N3O4. The Morgan fingerprint density at radius 2 is 1.92 bits per heavy atom. The summed E-state index contributed by atoms with van der Waals surface area (Å²) < 4.78 is 5.18. The molecule has 2 aliphatic rings. The number of hydrogen-bond donors (Lipinski definition) is 1. The number of benzene rings is 2. The zero-order valence-corrected chi connectivity index (χ0v) is 14.5. The van der Waals surface area contributed by atoms with Gasteiger partial charge in [-0.3, -0.25) is 19.8 Å². The molecule has 0 bridgehead atoms. The van der Waals surface area contributed by atoms with Crippen LogP contribution in [0.3, 0.4) is 0 Å². The first-order valence-electron chi connectivity index (χ1n) is 8.39. The Labute approximate surface area is 150 Å². The summed E-state index contributed by atoms with van der Waals surface area (Å²) in [4.78, 5) is 26.6. The molecular weight excluding hydrogens is 334 g/mol. The summed E-state index contributed by atoms with van der Waals surface area (Å²) in [5.41, 5.74) is 0.843. The van der Waals surface area contributed by atoms with Crippen LogP contribution in [0, 0.1) is 10.1 Å². The summed E-state index contributed by atoms with van der Waals surface area (Å²) in [5, 5.41) is 15.0. The predicted octanol–water partition coefficient (Wildman–Crippen LogP) is 2.22. The molecule has 2 aromatic rings. The maximum absolute atomic E-state index is 13.0. The Bertz CT molecular complexity index is 883. The SMILES string of the molecule is COc1ccc([C@H]2CN(C)[C@]3(C(=O)Nc4ccccc43)[C@@H]2[N+](=O)[O-])cc1. The lowest BCUT2D eigenvalue weighted by atomic mass is 9.79. The number of amides is 1. The van der Waals surface area contributed by atoms with E-state index in [2.05, 4.69) is 5.32 Å². The van der Waals surface area contributed by atoms with Crippen LogP contribution < -0.4 is 10.1 Å². The normalized spacial score (nSPS) is 27.4. The number of methoxy groups -OCH3 is 1. The molecule has 2 aromatic carbocycles. The van der Waals surface area contributed by atoms with Gasteiger partial charge in [-0.15, -0.1) is 0 Å². The third-order valence-corrected chi connectivity index (χ3v) is 5.58. The minimum absolute atomic E-state index is 0.305. The molecule has 2 aliphatic heterocycles. The molecule has 26 heavy (non-hydrogen) atoms. The lowest BCUT2D eigenvalue weighted by Crippen LogP contribution is -2.54. The maximum Gasteiger partial charge on any atom is 0.256 e. The van der Waals surface area contributed by atoms with Gasteiger partial charge in [-0.2, -0.15) is 0 Å². The van der Waals surface area contributed by atoms with Crippen molar-refractivity contribution in [2.75, 3.05) is 26.0 Å². The fourth-order valence-corrected chi connectivity index (χ4v) is 4.43. The fraction of sp³-hybridized carbons (Fsp3) is 0.316. The third kappa shape index (κ3) is 2.07. The van der Waals surface area contributed by atoms with Crippen molar-refractivity contribution >= 4 is 11.6 Å². The first-order valence-corrected chi connectivity index (χ1v) is 8.39. The predicted molar refractivity (Wildman–Crippen MR) is 95.9 cm³/mol. The molecule has 1 spiro atoms. The zero-order valence-electron chi connectivity index (χ0n) is 14.5. The Morgan fingerprint density at radius 1 is 1.23 bits per heavy atom. The van der Waals surface area contributed by atoms with Crippen LogP contribution in [0.5, 0.6) is 5.75 Å². The van der Waals surface area contributed by atoms with Gasteiger partial charge in [0.15, 0.2) is 5.54 Å². The van der Waals surface area contributed by atoms with Crippen molar-refractivity contribution in [1.82, 2.24) is 4.90 Å². The monoisotopic (exact) mass is 353 g/mol. The Balaban J connectivity index is 1.86. The summed E-state index contributed by atoms with van der Waals surface area (Å²) in [6, 6.07) is 13.4. The van der Waals surface area contributed by atoms with E-state index in [1.54, 1.807) is 38.4 Å². The van der Waals surface area contributed by atoms with Crippen LogP contribution in [-0.2, 0) is 10.3 Å². The standard InChI is InChI=1S/C19H19N3O4/c1-21-11-14(12-7-9-13(26-2)10-8-12)17(22(24)25)19(21)15-5-3-4-6-16(15)20-18(19)23/h3-10,14,17H,11H2,1-2H3,(H,20,23)/t14-,17-,19+/m1/s1. The van der Waals surface area contributed by atoms with E-state index in [4.69, 9.17) is 4.74 Å². The number of nitrogens with zero attached hydrogens (tertiary/aromatic N) is 2. The second-order valence-electron chi connectivity index (χ2n) is 6.76. The summed E-state index contributed by atoms with van der Waals surface area (Å²) in [6.07, 6.45) is 0. The average Bonchev–Trinajstić information content (AvgIpc) is 3.11. The van der Waals surface area contributed by atoms with Crippen molar-refractivity contribution in [2.24, 2.45) is 0 Å². The Hall–Kier alpha value is -2.93. The van der Waals surface area contributed by atoms with Crippen molar-refractivity contribution < 1.29 is 14.5 Å². The van der Waals surface area contributed by atoms with Crippen molar-refractivity contribution in [3.05, 3.63) is 69.8 Å². The second-order valence-corrected chi connectivity index (χ2v) is 6.76. The lowest BCUT2D eigenvalue weighted by Gasteiger charge is -2.30. The maximum atomic E-state index is 13.0. The highest BCUT2D eigenvalue weighted by Crippen LogP contribution is 2.51. The first-order chi connectivity index (χ1) is 12.5. The quantitative estimate of drug-likeness (QED) is 0.676. The number of fused-ring (bicyclic) bond motifs is 2. The van der Waals surface area contributed by atoms with Gasteiger partial charge in [0, 0.05) is 22.7 Å². The van der Waals surface area contributed by atoms with E-state index in [1.807, 2.05) is 29.2 Å². The number of carbonyl (C=O) groups excluding carboxylic acids is 1. The minimum Gasteiger partial charge on any atom is -0.497 e. The van der Waals surface area contributed by atoms with Crippen LogP contribution in [0.2, 0.25) is 0 Å². The molecule has 1 amide bonds. The molecule has 0 aromatic heterocycles. The molecule has 1 N–H and O–H groups in total. The smallest absolute Gasteiger partial charge is 0.256 e. The molecule has 4 rings (SSSR count). The van der Waals surface area contributed by atoms with Crippen molar-refractivity contribution in [2.45, 2.75) is 17.5 Å². The Morgan fingerprint density at radius 3 is 2.58 bits per heavy atom. The Kier molecular flexibility index (Phi) is 3.69. The zero-order chi connectivity index (χ0) is 18.5. The molecule has 7 heteroatoms. The topological polar surface area (TPSA) is 84.7 Å². The number of ether oxygens (including phenoxy) is 1. The number of likely N-dealkylation sites (tertiary alicyclic amines) is 1. The number of nitrogens with one attached hydrogen (secondary N) is 1. The van der Waals surface area contributed by atoms with Crippen LogP contribution >= 0.6 is 0 Å². The van der Waals surface area contributed by atoms with E-state index in [9.17, 15) is 14.9 Å². The average molecular weight is 353 g/mol. The van der Waals surface area contributed by atoms with Crippen molar-refractivity contribution in [3.8, 4) is 5.75 Å². The molecule has 0 aliphatic carbocycles. The van der Waals surface area contributed by atoms with Gasteiger partial charge in [0.25, 0.3) is 11.9 Å². The van der Waals surface area contributed by atoms with Gasteiger partial charge >= 0.3 is 0 Å². The van der Waals surface area contributed by atoms with Crippen LogP contribution in [0.1, 0.15) is 17.0 Å². The molecule has 0 saturated carbocycles. The van der Waals surface area contributed by atoms with Gasteiger partial charge < -0.3 is 10.1 Å². The molecule has 1 fully saturated rings. The van der Waals surface area contributed by atoms with Crippen LogP contribution in [0.4, 0.5) is 5.69 Å². The van der Waals surface area contributed by atoms with Gasteiger partial charge in [-0.25, -0.2) is 0 Å². The third-order valence-electron chi connectivity index (χ3n) is 5.58. The van der Waals surface area contributed by atoms with Crippen molar-refractivity contribution in [1.29, 1.82) is 0 Å². The molecule has 134 valence electrons. The number of para-hydroxylation sites is 1. The summed E-state index contributed by atoms with van der Waals surface area (Å²) in [6.45, 7) is 0.416. The fourth-order valence-electron chi connectivity index (χ4n) is 4.43. The first kappa shape index (κ1) is 16.5. The van der Waals surface area contributed by atoms with E-state index < -0.39 is 17.5 Å². The molecule has 2 heterocycles. The van der Waals surface area contributed by atoms with E-state index in [0.717, 1.165) is 5.56 Å². The number of rotatable bonds is 3. The van der Waals surface area contributed by atoms with Crippen LogP contribution in [0.15, 0.2) is 48.5 Å². The number of nitro groups is 1. The van der Waals surface area contributed by atoms with Gasteiger partial charge in [0.2, 0.25) is 0 Å². The summed E-state index contributed by atoms with van der Waals surface area (Å²) in [7, 11) is 3.36. The second kappa shape index (κ2) is 5.81. The molecule has 1 saturated heterocycles. The van der Waals surface area contributed by atoms with Gasteiger partial charge in [-0.05, 0) is 30.8 Å². The number of hydrogen-bond acceptors (Lipinski definition) is 5. The van der Waals surface area contributed by atoms with Crippen LogP contribution in [0.25, 0.3) is 0 Å². The number of likely N-dealkylation sites (N-methyl/N-ethyl adjacent to an activating group) is 1. The highest BCUT2D eigenvalue weighted by Gasteiger charge is 2.68. The lowest BCUT2D eigenvalue weighted by molar-refractivity contribution is -0.534. The van der Waals surface area contributed by atoms with Gasteiger partial charge in [0.05, 0.1) is 13.0 Å². The number of anilines is 1. The van der Waals surface area contributed by atoms with E-state index in [1.165, 1.54) is 0 Å². The molecule has 0 unspecified atom stereocenters. The van der Waals surface area contributed by atoms with Crippen molar-refractivity contribution in [3.63, 3.8) is 0 Å². The van der Waals surface area contributed by atoms with Gasteiger partial charge in [0.1, 0.15) is 5.75 Å². The molecule has 7 nitrogen and oxygen atoms in total. The summed E-state index contributed by atoms with van der Waals surface area (Å²) >= 11 is 0. The highest BCUT2D eigenvalue weighted by atomic mass is 16.6. The number of carbonyl (C=O) groups is 1. The van der Waals surface area contributed by atoms with E-state index in [0.29, 0.717) is 23.5 Å². The van der Waals surface area contributed by atoms with E-state index in [-0.39, 0.29) is 10.8 Å². The summed E-state index contributed by atoms with van der Waals surface area (Å²) in [5.74, 6) is -0.0480. The molecule has 3 atom stereocenters. The largest absolute Gasteiger partial charge is 0.497 e. The van der Waals surface area contributed by atoms with Gasteiger partial charge in [-0.1, -0.05) is 30.3 Å². The van der Waals surface area contributed by atoms with E-state index >= 15 is 0 Å².